The summed E-state index contributed by atoms with van der Waals surface area (Å²) < 4.78 is 4.61. The van der Waals surface area contributed by atoms with Crippen molar-refractivity contribution in [1.82, 2.24) is 4.98 Å². The van der Waals surface area contributed by atoms with Crippen LogP contribution in [0.5, 0.6) is 0 Å². The third-order valence-electron chi connectivity index (χ3n) is 2.72. The number of ether oxygens (including phenoxy) is 1. The number of esters is 1. The highest BCUT2D eigenvalue weighted by molar-refractivity contribution is 7.13. The predicted molar refractivity (Wildman–Crippen MR) is 70.6 cm³/mol. The Morgan fingerprint density at radius 1 is 1.59 bits per heavy atom. The lowest BCUT2D eigenvalue weighted by Gasteiger charge is -2.16. The average molecular weight is 256 g/mol. The van der Waals surface area contributed by atoms with Crippen LogP contribution in [0.25, 0.3) is 0 Å². The Kier molecular flexibility index (Phi) is 5.41. The molecule has 0 saturated carbocycles. The highest BCUT2D eigenvalue weighted by Crippen LogP contribution is 2.19. The molecule has 1 N–H and O–H groups in total. The van der Waals surface area contributed by atoms with Crippen LogP contribution < -0.4 is 5.32 Å². The number of thiazole rings is 1. The number of hydrogen-bond acceptors (Lipinski definition) is 5. The summed E-state index contributed by atoms with van der Waals surface area (Å²) in [6.45, 7) is 6.56. The summed E-state index contributed by atoms with van der Waals surface area (Å²) in [6.07, 6.45) is 2.28. The minimum Gasteiger partial charge on any atom is -0.464 e. The van der Waals surface area contributed by atoms with Gasteiger partial charge in [0, 0.05) is 11.4 Å². The molecule has 0 aliphatic heterocycles. The summed E-state index contributed by atoms with van der Waals surface area (Å²) in [5.41, 5.74) is 0.371. The lowest BCUT2D eigenvalue weighted by molar-refractivity contribution is 0.0595. The molecule has 0 aromatic carbocycles. The summed E-state index contributed by atoms with van der Waals surface area (Å²) in [6, 6.07) is 0.363. The monoisotopic (exact) mass is 256 g/mol. The Morgan fingerprint density at radius 2 is 2.29 bits per heavy atom. The van der Waals surface area contributed by atoms with E-state index in [1.165, 1.54) is 24.9 Å². The molecule has 0 aliphatic rings. The smallest absolute Gasteiger partial charge is 0.357 e. The zero-order valence-electron chi connectivity index (χ0n) is 10.8. The Labute approximate surface area is 106 Å². The first-order chi connectivity index (χ1) is 8.06. The molecule has 1 aromatic heterocycles. The number of nitrogens with one attached hydrogen (secondary N) is 1. The summed E-state index contributed by atoms with van der Waals surface area (Å²) in [7, 11) is 1.36. The van der Waals surface area contributed by atoms with Gasteiger partial charge in [-0.15, -0.1) is 11.3 Å². The summed E-state index contributed by atoms with van der Waals surface area (Å²) in [5, 5.41) is 5.80. The SMILES string of the molecule is CCC(C)CC(C)Nc1nc(C(=O)OC)cs1. The van der Waals surface area contributed by atoms with E-state index in [1.807, 2.05) is 0 Å². The number of anilines is 1. The van der Waals surface area contributed by atoms with E-state index in [4.69, 9.17) is 0 Å². The molecule has 0 radical (unpaired) electrons. The van der Waals surface area contributed by atoms with Gasteiger partial charge in [-0.1, -0.05) is 20.3 Å². The number of aromatic nitrogens is 1. The third-order valence-corrected chi connectivity index (χ3v) is 3.49. The van der Waals surface area contributed by atoms with Gasteiger partial charge in [-0.2, -0.15) is 0 Å². The molecule has 2 unspecified atom stereocenters. The molecule has 0 spiro atoms. The molecule has 1 rings (SSSR count). The largest absolute Gasteiger partial charge is 0.464 e. The molecule has 5 heteroatoms. The van der Waals surface area contributed by atoms with E-state index >= 15 is 0 Å². The van der Waals surface area contributed by atoms with Crippen molar-refractivity contribution in [2.75, 3.05) is 12.4 Å². The van der Waals surface area contributed by atoms with Crippen molar-refractivity contribution in [2.24, 2.45) is 5.92 Å². The highest BCUT2D eigenvalue weighted by Gasteiger charge is 2.13. The molecule has 17 heavy (non-hydrogen) atoms. The minimum atomic E-state index is -0.385. The molecule has 1 heterocycles. The van der Waals surface area contributed by atoms with Crippen molar-refractivity contribution in [3.63, 3.8) is 0 Å². The van der Waals surface area contributed by atoms with Crippen LogP contribution in [0.2, 0.25) is 0 Å². The van der Waals surface area contributed by atoms with E-state index in [1.54, 1.807) is 5.38 Å². The molecule has 4 nitrogen and oxygen atoms in total. The van der Waals surface area contributed by atoms with Crippen LogP contribution in [-0.4, -0.2) is 24.1 Å². The summed E-state index contributed by atoms with van der Waals surface area (Å²) >= 11 is 1.43. The van der Waals surface area contributed by atoms with Gasteiger partial charge < -0.3 is 10.1 Å². The zero-order chi connectivity index (χ0) is 12.8. The number of carbonyl (C=O) groups is 1. The van der Waals surface area contributed by atoms with E-state index in [9.17, 15) is 4.79 Å². The van der Waals surface area contributed by atoms with Gasteiger partial charge in [0.2, 0.25) is 0 Å². The second kappa shape index (κ2) is 6.59. The van der Waals surface area contributed by atoms with Crippen LogP contribution in [0, 0.1) is 5.92 Å². The van der Waals surface area contributed by atoms with Gasteiger partial charge >= 0.3 is 5.97 Å². The molecular weight excluding hydrogens is 236 g/mol. The molecule has 1 aromatic rings. The van der Waals surface area contributed by atoms with Gasteiger partial charge in [0.1, 0.15) is 0 Å². The molecule has 0 saturated heterocycles. The van der Waals surface area contributed by atoms with Crippen molar-refractivity contribution < 1.29 is 9.53 Å². The standard InChI is InChI=1S/C12H20N2O2S/c1-5-8(2)6-9(3)13-12-14-10(7-17-12)11(15)16-4/h7-9H,5-6H2,1-4H3,(H,13,14). The lowest BCUT2D eigenvalue weighted by atomic mass is 10.0. The van der Waals surface area contributed by atoms with E-state index < -0.39 is 0 Å². The minimum absolute atomic E-state index is 0.363. The lowest BCUT2D eigenvalue weighted by Crippen LogP contribution is -2.18. The first kappa shape index (κ1) is 14.0. The van der Waals surface area contributed by atoms with E-state index in [0.29, 0.717) is 17.7 Å². The van der Waals surface area contributed by atoms with Crippen molar-refractivity contribution in [3.05, 3.63) is 11.1 Å². The second-order valence-corrected chi connectivity index (χ2v) is 5.18. The topological polar surface area (TPSA) is 51.2 Å². The van der Waals surface area contributed by atoms with E-state index in [0.717, 1.165) is 11.6 Å². The Bertz CT molecular complexity index is 365. The Balaban J connectivity index is 2.51. The molecular formula is C12H20N2O2S. The first-order valence-corrected chi connectivity index (χ1v) is 6.75. The van der Waals surface area contributed by atoms with E-state index in [2.05, 4.69) is 35.8 Å². The number of carbonyl (C=O) groups excluding carboxylic acids is 1. The van der Waals surface area contributed by atoms with Crippen LogP contribution >= 0.6 is 11.3 Å². The number of methoxy groups -OCH3 is 1. The normalized spacial score (nSPS) is 14.1. The average Bonchev–Trinajstić information content (AvgIpc) is 2.76. The molecule has 0 amide bonds. The molecule has 0 bridgehead atoms. The summed E-state index contributed by atoms with van der Waals surface area (Å²) in [4.78, 5) is 15.4. The Morgan fingerprint density at radius 3 is 2.88 bits per heavy atom. The maximum Gasteiger partial charge on any atom is 0.357 e. The van der Waals surface area contributed by atoms with Crippen LogP contribution in [0.3, 0.4) is 0 Å². The number of rotatable bonds is 6. The fourth-order valence-corrected chi connectivity index (χ4v) is 2.37. The maximum atomic E-state index is 11.2. The highest BCUT2D eigenvalue weighted by atomic mass is 32.1. The van der Waals surface area contributed by atoms with Gasteiger partial charge in [0.15, 0.2) is 10.8 Å². The second-order valence-electron chi connectivity index (χ2n) is 4.32. The van der Waals surface area contributed by atoms with Gasteiger partial charge in [-0.3, -0.25) is 0 Å². The maximum absolute atomic E-state index is 11.2. The van der Waals surface area contributed by atoms with Gasteiger partial charge in [-0.05, 0) is 19.3 Å². The third kappa shape index (κ3) is 4.34. The number of nitrogens with zero attached hydrogens (tertiary/aromatic N) is 1. The molecule has 2 atom stereocenters. The van der Waals surface area contributed by atoms with Crippen molar-refractivity contribution in [2.45, 2.75) is 39.7 Å². The van der Waals surface area contributed by atoms with Crippen molar-refractivity contribution in [1.29, 1.82) is 0 Å². The van der Waals surface area contributed by atoms with Crippen LogP contribution in [0.4, 0.5) is 5.13 Å². The van der Waals surface area contributed by atoms with Gasteiger partial charge in [0.25, 0.3) is 0 Å². The van der Waals surface area contributed by atoms with Crippen molar-refractivity contribution >= 4 is 22.4 Å². The fourth-order valence-electron chi connectivity index (χ4n) is 1.58. The zero-order valence-corrected chi connectivity index (χ0v) is 11.6. The fraction of sp³-hybridized carbons (Fsp3) is 0.667. The quantitative estimate of drug-likeness (QED) is 0.794. The van der Waals surface area contributed by atoms with Crippen LogP contribution in [0.1, 0.15) is 44.1 Å². The predicted octanol–water partition coefficient (Wildman–Crippen LogP) is 3.17. The first-order valence-electron chi connectivity index (χ1n) is 5.87. The summed E-state index contributed by atoms with van der Waals surface area (Å²) in [5.74, 6) is 0.307. The van der Waals surface area contributed by atoms with Gasteiger partial charge in [-0.25, -0.2) is 9.78 Å². The molecule has 0 fully saturated rings. The van der Waals surface area contributed by atoms with Crippen LogP contribution in [0.15, 0.2) is 5.38 Å². The van der Waals surface area contributed by atoms with Crippen molar-refractivity contribution in [3.8, 4) is 0 Å². The molecule has 96 valence electrons. The van der Waals surface area contributed by atoms with Crippen LogP contribution in [-0.2, 0) is 4.74 Å². The molecule has 0 aliphatic carbocycles. The van der Waals surface area contributed by atoms with E-state index in [-0.39, 0.29) is 5.97 Å². The number of hydrogen-bond donors (Lipinski definition) is 1. The Hall–Kier alpha value is -1.10. The van der Waals surface area contributed by atoms with Gasteiger partial charge in [0.05, 0.1) is 7.11 Å².